The maximum atomic E-state index is 6.24. The second-order valence-electron chi connectivity index (χ2n) is 6.13. The lowest BCUT2D eigenvalue weighted by Crippen LogP contribution is -2.41. The first-order chi connectivity index (χ1) is 9.65. The van der Waals surface area contributed by atoms with E-state index in [1.54, 1.807) is 0 Å². The van der Waals surface area contributed by atoms with Gasteiger partial charge in [-0.3, -0.25) is 0 Å². The predicted octanol–water partition coefficient (Wildman–Crippen LogP) is 3.21. The molecule has 1 atom stereocenters. The number of hydrogen-bond acceptors (Lipinski definition) is 4. The van der Waals surface area contributed by atoms with E-state index in [2.05, 4.69) is 27.2 Å². The van der Waals surface area contributed by atoms with Gasteiger partial charge in [0.05, 0.1) is 0 Å². The zero-order valence-electron chi connectivity index (χ0n) is 12.3. The summed E-state index contributed by atoms with van der Waals surface area (Å²) in [7, 11) is 2.21. The monoisotopic (exact) mass is 294 g/mol. The first-order valence-corrected chi connectivity index (χ1v) is 8.01. The van der Waals surface area contributed by atoms with Crippen LogP contribution < -0.4 is 5.32 Å². The number of hydrogen-bond donors (Lipinski definition) is 1. The third kappa shape index (κ3) is 3.07. The molecule has 0 spiro atoms. The summed E-state index contributed by atoms with van der Waals surface area (Å²) in [6.07, 6.45) is 6.30. The minimum Gasteiger partial charge on any atom is -0.368 e. The molecule has 2 heterocycles. The highest BCUT2D eigenvalue weighted by molar-refractivity contribution is 6.30. The van der Waals surface area contributed by atoms with E-state index < -0.39 is 0 Å². The fourth-order valence-corrected chi connectivity index (χ4v) is 2.99. The van der Waals surface area contributed by atoms with Gasteiger partial charge in [-0.1, -0.05) is 18.0 Å². The molecule has 3 rings (SSSR count). The Morgan fingerprint density at radius 1 is 1.25 bits per heavy atom. The summed E-state index contributed by atoms with van der Waals surface area (Å²) in [4.78, 5) is 11.5. The highest BCUT2D eigenvalue weighted by Crippen LogP contribution is 2.39. The normalized spacial score (nSPS) is 23.9. The number of likely N-dealkylation sites (tertiary alicyclic amines) is 1. The van der Waals surface area contributed by atoms with E-state index in [-0.39, 0.29) is 0 Å². The van der Waals surface area contributed by atoms with Crippen molar-refractivity contribution in [2.45, 2.75) is 51.0 Å². The lowest BCUT2D eigenvalue weighted by Gasteiger charge is -2.32. The van der Waals surface area contributed by atoms with Crippen LogP contribution >= 0.6 is 11.6 Å². The first kappa shape index (κ1) is 14.1. The smallest absolute Gasteiger partial charge is 0.137 e. The van der Waals surface area contributed by atoms with Gasteiger partial charge >= 0.3 is 0 Å². The van der Waals surface area contributed by atoms with Crippen molar-refractivity contribution in [3.63, 3.8) is 0 Å². The second kappa shape index (κ2) is 5.86. The topological polar surface area (TPSA) is 41.1 Å². The number of likely N-dealkylation sites (N-methyl/N-ethyl adjacent to an activating group) is 1. The Morgan fingerprint density at radius 3 is 2.75 bits per heavy atom. The van der Waals surface area contributed by atoms with Crippen molar-refractivity contribution in [1.29, 1.82) is 0 Å². The van der Waals surface area contributed by atoms with Crippen LogP contribution in [0.5, 0.6) is 0 Å². The number of rotatable bonds is 4. The van der Waals surface area contributed by atoms with Crippen LogP contribution in [0.3, 0.4) is 0 Å². The molecule has 0 radical (unpaired) electrons. The summed E-state index contributed by atoms with van der Waals surface area (Å²) in [5, 5.41) is 4.10. The number of aromatic nitrogens is 2. The van der Waals surface area contributed by atoms with Crippen molar-refractivity contribution in [1.82, 2.24) is 14.9 Å². The Morgan fingerprint density at radius 2 is 2.05 bits per heavy atom. The summed E-state index contributed by atoms with van der Waals surface area (Å²) >= 11 is 6.24. The van der Waals surface area contributed by atoms with E-state index in [9.17, 15) is 0 Å². The van der Waals surface area contributed by atoms with E-state index in [1.807, 2.05) is 6.92 Å². The molecule has 0 bridgehead atoms. The molecule has 1 saturated carbocycles. The van der Waals surface area contributed by atoms with Crippen LogP contribution in [0.15, 0.2) is 0 Å². The Labute approximate surface area is 125 Å². The highest BCUT2D eigenvalue weighted by atomic mass is 35.5. The van der Waals surface area contributed by atoms with Crippen LogP contribution in [0.4, 0.5) is 5.82 Å². The molecule has 1 aromatic heterocycles. The van der Waals surface area contributed by atoms with Crippen molar-refractivity contribution >= 4 is 17.4 Å². The molecule has 20 heavy (non-hydrogen) atoms. The number of halogens is 1. The minimum absolute atomic E-state index is 0.533. The Bertz CT molecular complexity index is 487. The predicted molar refractivity (Wildman–Crippen MR) is 82.5 cm³/mol. The number of anilines is 1. The molecule has 1 aromatic rings. The highest BCUT2D eigenvalue weighted by Gasteiger charge is 2.28. The Hall–Kier alpha value is -0.870. The number of nitrogens with zero attached hydrogens (tertiary/aromatic N) is 3. The molecule has 1 aliphatic heterocycles. The molecular weight excluding hydrogens is 272 g/mol. The second-order valence-corrected chi connectivity index (χ2v) is 6.49. The molecule has 110 valence electrons. The maximum Gasteiger partial charge on any atom is 0.137 e. The van der Waals surface area contributed by atoms with Gasteiger partial charge in [0.2, 0.25) is 0 Å². The Kier molecular flexibility index (Phi) is 4.13. The van der Waals surface area contributed by atoms with Crippen LogP contribution in [-0.2, 0) is 0 Å². The molecule has 0 aromatic carbocycles. The molecule has 1 N–H and O–H groups in total. The van der Waals surface area contributed by atoms with Crippen LogP contribution in [-0.4, -0.2) is 41.0 Å². The van der Waals surface area contributed by atoms with E-state index in [4.69, 9.17) is 11.6 Å². The molecule has 5 heteroatoms. The summed E-state index contributed by atoms with van der Waals surface area (Å²) < 4.78 is 0. The van der Waals surface area contributed by atoms with Gasteiger partial charge in [0.25, 0.3) is 0 Å². The van der Waals surface area contributed by atoms with Gasteiger partial charge in [-0.15, -0.1) is 0 Å². The number of nitrogens with one attached hydrogen (secondary N) is 1. The summed E-state index contributed by atoms with van der Waals surface area (Å²) in [6.45, 7) is 4.13. The lowest BCUT2D eigenvalue weighted by molar-refractivity contribution is 0.194. The molecule has 1 unspecified atom stereocenters. The van der Waals surface area contributed by atoms with Gasteiger partial charge in [0.1, 0.15) is 16.8 Å². The van der Waals surface area contributed by atoms with Crippen molar-refractivity contribution in [2.75, 3.05) is 25.5 Å². The third-order valence-corrected chi connectivity index (χ3v) is 4.84. The zero-order chi connectivity index (χ0) is 14.1. The van der Waals surface area contributed by atoms with E-state index in [0.717, 1.165) is 23.8 Å². The minimum atomic E-state index is 0.533. The average molecular weight is 295 g/mol. The van der Waals surface area contributed by atoms with Gasteiger partial charge in [-0.05, 0) is 46.2 Å². The summed E-state index contributed by atoms with van der Waals surface area (Å²) in [5.41, 5.74) is 0.967. The third-order valence-electron chi connectivity index (χ3n) is 4.47. The Balaban J connectivity index is 1.69. The SMILES string of the molecule is Cc1c(Cl)nc(C2CC2)nc1NCC1CCCCN1C. The largest absolute Gasteiger partial charge is 0.368 e. The quantitative estimate of drug-likeness (QED) is 0.866. The van der Waals surface area contributed by atoms with Crippen molar-refractivity contribution in [3.05, 3.63) is 16.5 Å². The molecular formula is C15H23ClN4. The van der Waals surface area contributed by atoms with Crippen LogP contribution in [0, 0.1) is 6.92 Å². The van der Waals surface area contributed by atoms with Gasteiger partial charge < -0.3 is 10.2 Å². The van der Waals surface area contributed by atoms with Crippen LogP contribution in [0.25, 0.3) is 0 Å². The molecule has 4 nitrogen and oxygen atoms in total. The van der Waals surface area contributed by atoms with Gasteiger partial charge in [-0.2, -0.15) is 0 Å². The van der Waals surface area contributed by atoms with Crippen molar-refractivity contribution in [2.24, 2.45) is 0 Å². The summed E-state index contributed by atoms with van der Waals surface area (Å²) in [5.74, 6) is 2.37. The standard InChI is InChI=1S/C15H23ClN4/c1-10-13(16)18-15(11-6-7-11)19-14(10)17-9-12-5-3-4-8-20(12)2/h11-12H,3-9H2,1-2H3,(H,17,18,19). The molecule has 0 amide bonds. The van der Waals surface area contributed by atoms with E-state index in [1.165, 1.54) is 38.6 Å². The van der Waals surface area contributed by atoms with E-state index in [0.29, 0.717) is 17.1 Å². The summed E-state index contributed by atoms with van der Waals surface area (Å²) in [6, 6.07) is 0.598. The van der Waals surface area contributed by atoms with Crippen molar-refractivity contribution < 1.29 is 0 Å². The van der Waals surface area contributed by atoms with Gasteiger partial charge in [0.15, 0.2) is 0 Å². The van der Waals surface area contributed by atoms with Crippen LogP contribution in [0.2, 0.25) is 5.15 Å². The molecule has 1 saturated heterocycles. The lowest BCUT2D eigenvalue weighted by atomic mass is 10.0. The van der Waals surface area contributed by atoms with Crippen molar-refractivity contribution in [3.8, 4) is 0 Å². The molecule has 2 fully saturated rings. The van der Waals surface area contributed by atoms with E-state index >= 15 is 0 Å². The average Bonchev–Trinajstić information content (AvgIpc) is 3.26. The van der Waals surface area contributed by atoms with Gasteiger partial charge in [0, 0.05) is 24.1 Å². The fourth-order valence-electron chi connectivity index (χ4n) is 2.82. The molecule has 1 aliphatic carbocycles. The van der Waals surface area contributed by atoms with Crippen LogP contribution in [0.1, 0.15) is 49.4 Å². The molecule has 2 aliphatic rings. The zero-order valence-corrected chi connectivity index (χ0v) is 13.1. The number of piperidine rings is 1. The van der Waals surface area contributed by atoms with Gasteiger partial charge in [-0.25, -0.2) is 9.97 Å². The first-order valence-electron chi connectivity index (χ1n) is 7.63. The maximum absolute atomic E-state index is 6.24. The fraction of sp³-hybridized carbons (Fsp3) is 0.733.